The van der Waals surface area contributed by atoms with Crippen molar-refractivity contribution in [3.8, 4) is 16.8 Å². The van der Waals surface area contributed by atoms with Gasteiger partial charge in [0.2, 0.25) is 11.8 Å². The van der Waals surface area contributed by atoms with Crippen molar-refractivity contribution in [3.05, 3.63) is 91.8 Å². The fourth-order valence-corrected chi connectivity index (χ4v) is 6.68. The molecule has 3 heterocycles. The first kappa shape index (κ1) is 37.3. The minimum atomic E-state index is -0.589. The Morgan fingerprint density at radius 2 is 1.84 bits per heavy atom. The number of anilines is 1. The molecule has 2 amide bonds. The lowest BCUT2D eigenvalue weighted by Crippen LogP contribution is -2.27. The van der Waals surface area contributed by atoms with Crippen molar-refractivity contribution in [3.63, 3.8) is 0 Å². The summed E-state index contributed by atoms with van der Waals surface area (Å²) in [7, 11) is 0. The van der Waals surface area contributed by atoms with Crippen LogP contribution in [0.3, 0.4) is 0 Å². The monoisotopic (exact) mass is 721 g/mol. The number of thiophene rings is 1. The third-order valence-corrected chi connectivity index (χ3v) is 9.21. The van der Waals surface area contributed by atoms with Crippen LogP contribution in [0.4, 0.5) is 5.69 Å². The van der Waals surface area contributed by atoms with Crippen molar-refractivity contribution in [1.29, 1.82) is 0 Å². The zero-order valence-corrected chi connectivity index (χ0v) is 29.9. The summed E-state index contributed by atoms with van der Waals surface area (Å²) in [4.78, 5) is 44.5. The Balaban J connectivity index is 0.00000541. The van der Waals surface area contributed by atoms with Crippen LogP contribution in [0.2, 0.25) is 5.02 Å². The van der Waals surface area contributed by atoms with Crippen molar-refractivity contribution >= 4 is 64.5 Å². The van der Waals surface area contributed by atoms with Crippen molar-refractivity contribution < 1.29 is 19.1 Å². The number of nitrogens with one attached hydrogen (secondary N) is 2. The molecule has 0 spiro atoms. The molecule has 4 aromatic rings. The van der Waals surface area contributed by atoms with E-state index >= 15 is 0 Å². The summed E-state index contributed by atoms with van der Waals surface area (Å²) in [5.74, 6) is 5.94. The zero-order chi connectivity index (χ0) is 34.4. The van der Waals surface area contributed by atoms with Crippen LogP contribution in [0.1, 0.15) is 81.4 Å². The highest BCUT2D eigenvalue weighted by atomic mass is 35.5. The van der Waals surface area contributed by atoms with E-state index in [9.17, 15) is 14.4 Å². The molecule has 11 nitrogen and oxygen atoms in total. The lowest BCUT2D eigenvalue weighted by atomic mass is 9.99. The summed E-state index contributed by atoms with van der Waals surface area (Å²) < 4.78 is 7.10. The standard InChI is InChI=1S/C35H36ClN7O4S.ClH/c1-5-47-35(46)27-15-14-26(18-24(27)8-6-16-37)39-29(44)9-7-17-38-30(45)19-28-33-42-41-22(4)43(33)34-31(20(2)21(3)48-34)32(40-28)23-10-12-25(36)13-11-23;/h10-15,18,28H,5,7,9,16-17,19,37H2,1-4H3,(H,38,45)(H,39,44);1H/t28-;/m0./s1. The highest BCUT2D eigenvalue weighted by Crippen LogP contribution is 2.39. The number of carbonyl (C=O) groups excluding carboxylic acids is 3. The number of benzene rings is 2. The summed E-state index contributed by atoms with van der Waals surface area (Å²) in [6, 6.07) is 11.7. The predicted octanol–water partition coefficient (Wildman–Crippen LogP) is 5.63. The van der Waals surface area contributed by atoms with Gasteiger partial charge in [-0.3, -0.25) is 19.1 Å². The maximum atomic E-state index is 13.2. The molecule has 2 aromatic carbocycles. The molecule has 0 saturated carbocycles. The summed E-state index contributed by atoms with van der Waals surface area (Å²) in [5.41, 5.74) is 10.5. The van der Waals surface area contributed by atoms with Gasteiger partial charge < -0.3 is 21.1 Å². The van der Waals surface area contributed by atoms with Crippen LogP contribution >= 0.6 is 35.3 Å². The average molecular weight is 723 g/mol. The average Bonchev–Trinajstić information content (AvgIpc) is 3.54. The van der Waals surface area contributed by atoms with Gasteiger partial charge in [0.25, 0.3) is 0 Å². The van der Waals surface area contributed by atoms with E-state index in [-0.39, 0.29) is 50.2 Å². The van der Waals surface area contributed by atoms with E-state index in [1.165, 1.54) is 0 Å². The number of halogens is 2. The van der Waals surface area contributed by atoms with Crippen LogP contribution in [0, 0.1) is 32.6 Å². The number of aryl methyl sites for hydroxylation is 2. The molecular formula is C35H37Cl2N7O4S. The van der Waals surface area contributed by atoms with Gasteiger partial charge in [-0.05, 0) is 70.0 Å². The Hall–Kier alpha value is -4.54. The van der Waals surface area contributed by atoms with Gasteiger partial charge in [0.1, 0.15) is 16.9 Å². The quantitative estimate of drug-likeness (QED) is 0.109. The van der Waals surface area contributed by atoms with Crippen molar-refractivity contribution in [1.82, 2.24) is 20.1 Å². The number of fused-ring (bicyclic) bond motifs is 3. The fraction of sp³-hybridized carbons (Fsp3) is 0.314. The first-order valence-electron chi connectivity index (χ1n) is 15.5. The molecule has 0 aliphatic carbocycles. The van der Waals surface area contributed by atoms with Crippen molar-refractivity contribution in [2.45, 2.75) is 53.0 Å². The molecule has 0 bridgehead atoms. The highest BCUT2D eigenvalue weighted by Gasteiger charge is 2.32. The molecule has 1 aliphatic rings. The molecule has 4 N–H and O–H groups in total. The number of aromatic nitrogens is 3. The van der Waals surface area contributed by atoms with E-state index in [2.05, 4.69) is 46.5 Å². The van der Waals surface area contributed by atoms with Crippen molar-refractivity contribution in [2.24, 2.45) is 10.7 Å². The van der Waals surface area contributed by atoms with Gasteiger partial charge in [-0.1, -0.05) is 35.6 Å². The van der Waals surface area contributed by atoms with E-state index in [0.29, 0.717) is 46.5 Å². The lowest BCUT2D eigenvalue weighted by Gasteiger charge is -2.13. The molecular weight excluding hydrogens is 685 g/mol. The number of ether oxygens (including phenoxy) is 1. The molecule has 2 aromatic heterocycles. The maximum absolute atomic E-state index is 13.2. The Labute approximate surface area is 300 Å². The molecule has 256 valence electrons. The topological polar surface area (TPSA) is 154 Å². The minimum Gasteiger partial charge on any atom is -0.462 e. The largest absolute Gasteiger partial charge is 0.462 e. The number of nitrogens with two attached hydrogens (primary N) is 1. The zero-order valence-electron chi connectivity index (χ0n) is 27.6. The van der Waals surface area contributed by atoms with E-state index in [1.807, 2.05) is 35.8 Å². The molecule has 49 heavy (non-hydrogen) atoms. The van der Waals surface area contributed by atoms with Gasteiger partial charge in [0, 0.05) is 45.2 Å². The van der Waals surface area contributed by atoms with Crippen LogP contribution in [-0.2, 0) is 14.3 Å². The lowest BCUT2D eigenvalue weighted by molar-refractivity contribution is -0.122. The number of aliphatic imine (C=N–C) groups is 1. The van der Waals surface area contributed by atoms with Crippen LogP contribution in [-0.4, -0.2) is 58.0 Å². The van der Waals surface area contributed by atoms with Gasteiger partial charge in [0.15, 0.2) is 5.82 Å². The minimum absolute atomic E-state index is 0. The van der Waals surface area contributed by atoms with Crippen LogP contribution in [0.25, 0.3) is 5.00 Å². The van der Waals surface area contributed by atoms with Crippen molar-refractivity contribution in [2.75, 3.05) is 25.0 Å². The number of nitrogens with zero attached hydrogens (tertiary/aromatic N) is 4. The Morgan fingerprint density at radius 3 is 2.55 bits per heavy atom. The number of hydrogen-bond acceptors (Lipinski definition) is 9. The first-order valence-corrected chi connectivity index (χ1v) is 16.7. The molecule has 5 rings (SSSR count). The maximum Gasteiger partial charge on any atom is 0.339 e. The number of esters is 1. The first-order chi connectivity index (χ1) is 23.1. The summed E-state index contributed by atoms with van der Waals surface area (Å²) in [5, 5.41) is 16.1. The fourth-order valence-electron chi connectivity index (χ4n) is 5.34. The third-order valence-electron chi connectivity index (χ3n) is 7.76. The van der Waals surface area contributed by atoms with E-state index in [4.69, 9.17) is 27.1 Å². The second-order valence-corrected chi connectivity index (χ2v) is 12.7. The van der Waals surface area contributed by atoms with Crippen LogP contribution in [0.5, 0.6) is 0 Å². The van der Waals surface area contributed by atoms with Gasteiger partial charge in [-0.25, -0.2) is 4.79 Å². The Bertz CT molecular complexity index is 1960. The van der Waals surface area contributed by atoms with Gasteiger partial charge in [-0.15, -0.1) is 33.9 Å². The van der Waals surface area contributed by atoms with Gasteiger partial charge in [0.05, 0.1) is 30.8 Å². The highest BCUT2D eigenvalue weighted by molar-refractivity contribution is 7.15. The number of carbonyl (C=O) groups is 3. The molecule has 0 fully saturated rings. The normalized spacial score (nSPS) is 13.0. The number of hydrogen-bond donors (Lipinski definition) is 3. The molecule has 0 saturated heterocycles. The molecule has 1 aliphatic heterocycles. The number of rotatable bonds is 10. The van der Waals surface area contributed by atoms with Crippen LogP contribution < -0.4 is 16.4 Å². The third kappa shape index (κ3) is 8.55. The number of amides is 2. The molecule has 0 unspecified atom stereocenters. The SMILES string of the molecule is CCOC(=O)c1ccc(NC(=O)CCCNC(=O)C[C@@H]2N=C(c3ccc(Cl)cc3)c3c(sc(C)c3C)-n3c(C)nnc32)cc1C#CCN.Cl. The van der Waals surface area contributed by atoms with Gasteiger partial charge >= 0.3 is 5.97 Å². The predicted molar refractivity (Wildman–Crippen MR) is 194 cm³/mol. The summed E-state index contributed by atoms with van der Waals surface area (Å²) in [6.45, 7) is 8.41. The second kappa shape index (κ2) is 16.7. The van der Waals surface area contributed by atoms with E-state index in [0.717, 1.165) is 32.3 Å². The van der Waals surface area contributed by atoms with Gasteiger partial charge in [-0.2, -0.15) is 0 Å². The molecule has 0 radical (unpaired) electrons. The smallest absolute Gasteiger partial charge is 0.339 e. The van der Waals surface area contributed by atoms with Crippen LogP contribution in [0.15, 0.2) is 47.5 Å². The van der Waals surface area contributed by atoms with E-state index in [1.54, 1.807) is 36.5 Å². The Morgan fingerprint density at radius 1 is 1.08 bits per heavy atom. The summed E-state index contributed by atoms with van der Waals surface area (Å²) in [6.07, 6.45) is 0.625. The summed E-state index contributed by atoms with van der Waals surface area (Å²) >= 11 is 7.85. The molecule has 14 heteroatoms. The Kier molecular flexibility index (Phi) is 12.7. The molecule has 1 atom stereocenters. The van der Waals surface area contributed by atoms with E-state index < -0.39 is 12.0 Å². The second-order valence-electron chi connectivity index (χ2n) is 11.1.